The van der Waals surface area contributed by atoms with Gasteiger partial charge in [-0.05, 0) is 39.0 Å². The first kappa shape index (κ1) is 19.9. The number of carboxylic acid groups (broad SMARTS) is 1. The average molecular weight is 358 g/mol. The van der Waals surface area contributed by atoms with Gasteiger partial charge in [-0.15, -0.1) is 0 Å². The highest BCUT2D eigenvalue weighted by Gasteiger charge is 2.23. The van der Waals surface area contributed by atoms with Gasteiger partial charge in [-0.25, -0.2) is 13.1 Å². The van der Waals surface area contributed by atoms with Crippen LogP contribution in [0.3, 0.4) is 0 Å². The third-order valence-corrected chi connectivity index (χ3v) is 4.64. The number of ether oxygens (including phenoxy) is 1. The second-order valence-electron chi connectivity index (χ2n) is 5.61. The van der Waals surface area contributed by atoms with E-state index in [2.05, 4.69) is 10.0 Å². The highest BCUT2D eigenvalue weighted by atomic mass is 32.2. The SMILES string of the molecule is COc1ccc(C(=O)NC(C)CC(=O)O)cc1S(=O)(=O)NC(C)C. The first-order valence-electron chi connectivity index (χ1n) is 7.30. The summed E-state index contributed by atoms with van der Waals surface area (Å²) in [6.45, 7) is 4.90. The predicted octanol–water partition coefficient (Wildman–Crippen LogP) is 0.975. The molecule has 0 radical (unpaired) electrons. The number of nitrogens with one attached hydrogen (secondary N) is 2. The van der Waals surface area contributed by atoms with E-state index in [1.54, 1.807) is 20.8 Å². The smallest absolute Gasteiger partial charge is 0.305 e. The van der Waals surface area contributed by atoms with Crippen molar-refractivity contribution in [1.82, 2.24) is 10.0 Å². The van der Waals surface area contributed by atoms with Gasteiger partial charge in [0, 0.05) is 17.6 Å². The molecular formula is C15H22N2O6S. The molecule has 0 fully saturated rings. The van der Waals surface area contributed by atoms with Crippen LogP contribution in [0.15, 0.2) is 23.1 Å². The van der Waals surface area contributed by atoms with E-state index in [-0.39, 0.29) is 28.7 Å². The van der Waals surface area contributed by atoms with Crippen molar-refractivity contribution in [1.29, 1.82) is 0 Å². The van der Waals surface area contributed by atoms with Crippen LogP contribution in [-0.2, 0) is 14.8 Å². The Bertz CT molecular complexity index is 715. The highest BCUT2D eigenvalue weighted by molar-refractivity contribution is 7.89. The van der Waals surface area contributed by atoms with Gasteiger partial charge in [-0.2, -0.15) is 0 Å². The standard InChI is InChI=1S/C15H22N2O6S/c1-9(2)17-24(21,22)13-8-11(5-6-12(13)23-4)15(20)16-10(3)7-14(18)19/h5-6,8-10,17H,7H2,1-4H3,(H,16,20)(H,18,19). The van der Waals surface area contributed by atoms with Crippen molar-refractivity contribution in [2.45, 2.75) is 44.2 Å². The number of carboxylic acids is 1. The number of amides is 1. The Labute approximate surface area is 141 Å². The van der Waals surface area contributed by atoms with Crippen molar-refractivity contribution in [2.24, 2.45) is 0 Å². The van der Waals surface area contributed by atoms with Gasteiger partial charge in [0.25, 0.3) is 5.91 Å². The van der Waals surface area contributed by atoms with Crippen LogP contribution in [0.4, 0.5) is 0 Å². The Hall–Kier alpha value is -2.13. The summed E-state index contributed by atoms with van der Waals surface area (Å²) < 4.78 is 32.2. The lowest BCUT2D eigenvalue weighted by Crippen LogP contribution is -2.34. The minimum atomic E-state index is -3.85. The molecule has 0 aromatic heterocycles. The van der Waals surface area contributed by atoms with E-state index in [0.717, 1.165) is 0 Å². The van der Waals surface area contributed by atoms with Crippen molar-refractivity contribution < 1.29 is 27.9 Å². The van der Waals surface area contributed by atoms with Crippen molar-refractivity contribution in [3.05, 3.63) is 23.8 Å². The van der Waals surface area contributed by atoms with E-state index in [0.29, 0.717) is 0 Å². The third kappa shape index (κ3) is 5.50. The van der Waals surface area contributed by atoms with E-state index >= 15 is 0 Å². The van der Waals surface area contributed by atoms with E-state index in [1.807, 2.05) is 0 Å². The number of aliphatic carboxylic acids is 1. The van der Waals surface area contributed by atoms with Gasteiger partial charge in [0.1, 0.15) is 10.6 Å². The molecule has 134 valence electrons. The molecule has 24 heavy (non-hydrogen) atoms. The van der Waals surface area contributed by atoms with Gasteiger partial charge < -0.3 is 15.2 Å². The zero-order valence-corrected chi connectivity index (χ0v) is 14.8. The molecule has 1 atom stereocenters. The molecule has 1 unspecified atom stereocenters. The summed E-state index contributed by atoms with van der Waals surface area (Å²) in [5, 5.41) is 11.2. The summed E-state index contributed by atoms with van der Waals surface area (Å²) in [7, 11) is -2.52. The number of hydrogen-bond donors (Lipinski definition) is 3. The van der Waals surface area contributed by atoms with Gasteiger partial charge in [0.05, 0.1) is 13.5 Å². The van der Waals surface area contributed by atoms with E-state index in [9.17, 15) is 18.0 Å². The van der Waals surface area contributed by atoms with E-state index < -0.39 is 27.9 Å². The highest BCUT2D eigenvalue weighted by Crippen LogP contribution is 2.25. The van der Waals surface area contributed by atoms with Crippen LogP contribution < -0.4 is 14.8 Å². The molecule has 1 aromatic carbocycles. The summed E-state index contributed by atoms with van der Waals surface area (Å²) in [4.78, 5) is 22.7. The minimum Gasteiger partial charge on any atom is -0.495 e. The Kier molecular flexibility index (Phi) is 6.73. The fourth-order valence-corrected chi connectivity index (χ4v) is 3.47. The van der Waals surface area contributed by atoms with Crippen LogP contribution in [0.2, 0.25) is 0 Å². The van der Waals surface area contributed by atoms with Crippen molar-refractivity contribution in [3.8, 4) is 5.75 Å². The normalized spacial score (nSPS) is 12.7. The molecule has 1 aromatic rings. The van der Waals surface area contributed by atoms with Crippen LogP contribution in [0.25, 0.3) is 0 Å². The van der Waals surface area contributed by atoms with Crippen LogP contribution in [0.1, 0.15) is 37.6 Å². The molecule has 1 rings (SSSR count). The summed E-state index contributed by atoms with van der Waals surface area (Å²) in [5.41, 5.74) is 0.0946. The Morgan fingerprint density at radius 2 is 1.88 bits per heavy atom. The predicted molar refractivity (Wildman–Crippen MR) is 87.6 cm³/mol. The summed E-state index contributed by atoms with van der Waals surface area (Å²) >= 11 is 0. The molecule has 0 aliphatic carbocycles. The number of carbonyl (C=O) groups is 2. The second kappa shape index (κ2) is 8.11. The number of rotatable bonds is 8. The van der Waals surface area contributed by atoms with Gasteiger partial charge in [0.15, 0.2) is 0 Å². The quantitative estimate of drug-likeness (QED) is 0.637. The first-order valence-corrected chi connectivity index (χ1v) is 8.78. The zero-order valence-electron chi connectivity index (χ0n) is 14.0. The lowest BCUT2D eigenvalue weighted by molar-refractivity contribution is -0.137. The van der Waals surface area contributed by atoms with Crippen molar-refractivity contribution >= 4 is 21.9 Å². The molecule has 3 N–H and O–H groups in total. The molecule has 0 aliphatic rings. The van der Waals surface area contributed by atoms with Crippen molar-refractivity contribution in [2.75, 3.05) is 7.11 Å². The molecular weight excluding hydrogens is 336 g/mol. The van der Waals surface area contributed by atoms with Crippen molar-refractivity contribution in [3.63, 3.8) is 0 Å². The molecule has 1 amide bonds. The molecule has 8 nitrogen and oxygen atoms in total. The number of benzene rings is 1. The Morgan fingerprint density at radius 3 is 2.38 bits per heavy atom. The molecule has 0 saturated heterocycles. The Balaban J connectivity index is 3.13. The van der Waals surface area contributed by atoms with Gasteiger partial charge in [-0.3, -0.25) is 9.59 Å². The summed E-state index contributed by atoms with van der Waals surface area (Å²) in [6, 6.07) is 3.08. The number of carbonyl (C=O) groups excluding carboxylic acids is 1. The molecule has 9 heteroatoms. The lowest BCUT2D eigenvalue weighted by Gasteiger charge is -2.15. The van der Waals surface area contributed by atoms with Crippen LogP contribution in [0, 0.1) is 0 Å². The number of methoxy groups -OCH3 is 1. The van der Waals surface area contributed by atoms with Gasteiger partial charge in [0.2, 0.25) is 10.0 Å². The Morgan fingerprint density at radius 1 is 1.25 bits per heavy atom. The molecule has 0 heterocycles. The minimum absolute atomic E-state index is 0.0946. The topological polar surface area (TPSA) is 122 Å². The molecule has 0 saturated carbocycles. The lowest BCUT2D eigenvalue weighted by atomic mass is 10.1. The maximum atomic E-state index is 12.4. The molecule has 0 aliphatic heterocycles. The zero-order chi connectivity index (χ0) is 18.5. The summed E-state index contributed by atoms with van der Waals surface area (Å²) in [6.07, 6.45) is -0.234. The fraction of sp³-hybridized carbons (Fsp3) is 0.467. The maximum Gasteiger partial charge on any atom is 0.305 e. The number of hydrogen-bond acceptors (Lipinski definition) is 5. The third-order valence-electron chi connectivity index (χ3n) is 2.96. The van der Waals surface area contributed by atoms with Gasteiger partial charge in [-0.1, -0.05) is 0 Å². The van der Waals surface area contributed by atoms with Crippen LogP contribution in [0.5, 0.6) is 5.75 Å². The number of sulfonamides is 1. The monoisotopic (exact) mass is 358 g/mol. The van der Waals surface area contributed by atoms with Crippen LogP contribution >= 0.6 is 0 Å². The second-order valence-corrected chi connectivity index (χ2v) is 7.30. The molecule has 0 spiro atoms. The van der Waals surface area contributed by atoms with E-state index in [1.165, 1.54) is 25.3 Å². The van der Waals surface area contributed by atoms with Gasteiger partial charge >= 0.3 is 5.97 Å². The molecule has 0 bridgehead atoms. The van der Waals surface area contributed by atoms with Crippen LogP contribution in [-0.4, -0.2) is 44.6 Å². The first-order chi connectivity index (χ1) is 11.1. The largest absolute Gasteiger partial charge is 0.495 e. The maximum absolute atomic E-state index is 12.4. The average Bonchev–Trinajstić information content (AvgIpc) is 2.44. The summed E-state index contributed by atoms with van der Waals surface area (Å²) in [5.74, 6) is -1.49. The van der Waals surface area contributed by atoms with E-state index in [4.69, 9.17) is 9.84 Å². The fourth-order valence-electron chi connectivity index (χ4n) is 2.02.